The summed E-state index contributed by atoms with van der Waals surface area (Å²) in [5.41, 5.74) is 9.05. The minimum atomic E-state index is -1.17. The number of phenolic OH excluding ortho intramolecular Hbond substituents is 1. The number of aliphatic hydroxyl groups excluding tert-OH is 5. The number of nitrogens with one attached hydrogen (secondary N) is 2. The predicted octanol–water partition coefficient (Wildman–Crippen LogP) is 3.02. The zero-order chi connectivity index (χ0) is 34.0. The van der Waals surface area contributed by atoms with Gasteiger partial charge in [-0.05, 0) is 98.8 Å². The van der Waals surface area contributed by atoms with E-state index in [9.17, 15) is 30.6 Å². The molecule has 2 aliphatic carbocycles. The molecule has 1 saturated carbocycles. The summed E-state index contributed by atoms with van der Waals surface area (Å²) in [4.78, 5) is 3.29. The van der Waals surface area contributed by atoms with Gasteiger partial charge >= 0.3 is 0 Å². The van der Waals surface area contributed by atoms with Crippen LogP contribution in [0, 0.1) is 35.5 Å². The Morgan fingerprint density at radius 3 is 2.62 bits per heavy atom. The van der Waals surface area contributed by atoms with Crippen molar-refractivity contribution in [3.05, 3.63) is 71.3 Å². The zero-order valence-corrected chi connectivity index (χ0v) is 27.7. The highest BCUT2D eigenvalue weighted by Crippen LogP contribution is 2.41. The SMILES string of the molecule is NC1=CC(C(Cc2ccc[nH]2)C2CCC(O)C(O)C2Oc2cc(CCC(O)C3CC#CC(CCO)CCCCC3O)ccc2O)=CCN1. The monoisotopic (exact) mass is 663 g/mol. The van der Waals surface area contributed by atoms with Crippen LogP contribution in [0.2, 0.25) is 0 Å². The van der Waals surface area contributed by atoms with Gasteiger partial charge in [-0.2, -0.15) is 0 Å². The number of dihydropyridines is 1. The molecule has 0 amide bonds. The largest absolute Gasteiger partial charge is 0.504 e. The molecular formula is C38H53N3O7. The van der Waals surface area contributed by atoms with Crippen LogP contribution in [0.15, 0.2) is 60.1 Å². The summed E-state index contributed by atoms with van der Waals surface area (Å²) >= 11 is 0. The van der Waals surface area contributed by atoms with E-state index in [1.807, 2.05) is 24.4 Å². The molecule has 10 nitrogen and oxygen atoms in total. The van der Waals surface area contributed by atoms with Crippen LogP contribution in [0.25, 0.3) is 0 Å². The Labute approximate surface area is 283 Å². The second kappa shape index (κ2) is 17.3. The molecule has 9 atom stereocenters. The van der Waals surface area contributed by atoms with Gasteiger partial charge in [0.05, 0.1) is 24.1 Å². The quantitative estimate of drug-likeness (QED) is 0.154. The van der Waals surface area contributed by atoms with Crippen LogP contribution in [0.4, 0.5) is 0 Å². The van der Waals surface area contributed by atoms with E-state index in [2.05, 4.69) is 28.2 Å². The van der Waals surface area contributed by atoms with Crippen LogP contribution in [-0.4, -0.2) is 79.3 Å². The average molecular weight is 664 g/mol. The van der Waals surface area contributed by atoms with Crippen LogP contribution >= 0.6 is 0 Å². The van der Waals surface area contributed by atoms with Gasteiger partial charge in [-0.3, -0.25) is 0 Å². The Morgan fingerprint density at radius 1 is 1.02 bits per heavy atom. The molecule has 1 aliphatic heterocycles. The molecule has 1 aromatic heterocycles. The fourth-order valence-electron chi connectivity index (χ4n) is 7.58. The summed E-state index contributed by atoms with van der Waals surface area (Å²) < 4.78 is 6.46. The Hall–Kier alpha value is -3.46. The average Bonchev–Trinajstić information content (AvgIpc) is 3.59. The first-order valence-corrected chi connectivity index (χ1v) is 17.6. The molecule has 1 aromatic carbocycles. The fourth-order valence-corrected chi connectivity index (χ4v) is 7.58. The third-order valence-corrected chi connectivity index (χ3v) is 10.4. The lowest BCUT2D eigenvalue weighted by Crippen LogP contribution is -2.52. The van der Waals surface area contributed by atoms with E-state index in [1.54, 1.807) is 18.2 Å². The molecule has 0 spiro atoms. The van der Waals surface area contributed by atoms with E-state index < -0.39 is 30.5 Å². The van der Waals surface area contributed by atoms with Crippen molar-refractivity contribution in [2.45, 2.75) is 101 Å². The van der Waals surface area contributed by atoms with Crippen molar-refractivity contribution in [2.24, 2.45) is 29.4 Å². The van der Waals surface area contributed by atoms with Gasteiger partial charge in [-0.15, -0.1) is 5.92 Å². The van der Waals surface area contributed by atoms with Gasteiger partial charge in [0.1, 0.15) is 12.2 Å². The van der Waals surface area contributed by atoms with Gasteiger partial charge in [0.25, 0.3) is 0 Å². The van der Waals surface area contributed by atoms with Crippen molar-refractivity contribution in [1.82, 2.24) is 10.3 Å². The number of aromatic hydroxyl groups is 1. The highest BCUT2D eigenvalue weighted by atomic mass is 16.5. The van der Waals surface area contributed by atoms with Crippen LogP contribution in [0.1, 0.15) is 69.0 Å². The molecular weight excluding hydrogens is 610 g/mol. The highest BCUT2D eigenvalue weighted by molar-refractivity contribution is 5.42. The summed E-state index contributed by atoms with van der Waals surface area (Å²) in [5.74, 6) is 6.59. The molecule has 0 radical (unpaired) electrons. The topological polar surface area (TPSA) is 184 Å². The number of hydrogen-bond acceptors (Lipinski definition) is 9. The molecule has 0 saturated heterocycles. The Kier molecular flexibility index (Phi) is 12.9. The van der Waals surface area contributed by atoms with E-state index in [1.165, 1.54) is 0 Å². The van der Waals surface area contributed by atoms with Crippen molar-refractivity contribution in [2.75, 3.05) is 13.2 Å². The number of aromatic nitrogens is 1. The lowest BCUT2D eigenvalue weighted by Gasteiger charge is -2.42. The number of ether oxygens (including phenoxy) is 1. The molecule has 2 heterocycles. The third-order valence-electron chi connectivity index (χ3n) is 10.4. The van der Waals surface area contributed by atoms with Crippen LogP contribution < -0.4 is 15.8 Å². The van der Waals surface area contributed by atoms with Crippen molar-refractivity contribution < 1.29 is 35.4 Å². The van der Waals surface area contributed by atoms with E-state index in [-0.39, 0.29) is 41.8 Å². The normalized spacial score (nSPS) is 29.3. The molecule has 48 heavy (non-hydrogen) atoms. The number of nitrogens with two attached hydrogens (primary N) is 1. The highest BCUT2D eigenvalue weighted by Gasteiger charge is 2.44. The van der Waals surface area contributed by atoms with Crippen molar-refractivity contribution in [3.8, 4) is 23.3 Å². The van der Waals surface area contributed by atoms with Crippen molar-refractivity contribution >= 4 is 0 Å². The Morgan fingerprint density at radius 2 is 1.85 bits per heavy atom. The number of H-pyrrole nitrogens is 1. The van der Waals surface area contributed by atoms with E-state index in [0.717, 1.165) is 36.1 Å². The van der Waals surface area contributed by atoms with Gasteiger partial charge in [0.2, 0.25) is 0 Å². The number of allylic oxidation sites excluding steroid dienone is 2. The first kappa shape index (κ1) is 35.8. The second-order valence-corrected chi connectivity index (χ2v) is 13.7. The predicted molar refractivity (Wildman–Crippen MR) is 183 cm³/mol. The molecule has 3 aliphatic rings. The maximum Gasteiger partial charge on any atom is 0.161 e. The maximum absolute atomic E-state index is 11.3. The summed E-state index contributed by atoms with van der Waals surface area (Å²) in [5, 5.41) is 67.5. The number of hydrogen-bond donors (Lipinski definition) is 9. The maximum atomic E-state index is 11.3. The number of rotatable bonds is 12. The Bertz CT molecular complexity index is 1430. The molecule has 0 bridgehead atoms. The summed E-state index contributed by atoms with van der Waals surface area (Å²) in [6.45, 7) is 0.690. The van der Waals surface area contributed by atoms with Gasteiger partial charge in [0, 0.05) is 49.2 Å². The summed E-state index contributed by atoms with van der Waals surface area (Å²) in [6.07, 6.45) is 8.35. The van der Waals surface area contributed by atoms with E-state index >= 15 is 0 Å². The van der Waals surface area contributed by atoms with Gasteiger partial charge in [-0.25, -0.2) is 0 Å². The molecule has 2 aromatic rings. The first-order valence-electron chi connectivity index (χ1n) is 17.6. The van der Waals surface area contributed by atoms with Gasteiger partial charge in [-0.1, -0.05) is 30.9 Å². The minimum absolute atomic E-state index is 0.0769. The summed E-state index contributed by atoms with van der Waals surface area (Å²) in [6, 6.07) is 9.04. The zero-order valence-electron chi connectivity index (χ0n) is 27.7. The number of aryl methyl sites for hydroxylation is 1. The molecule has 9 unspecified atom stereocenters. The smallest absolute Gasteiger partial charge is 0.161 e. The van der Waals surface area contributed by atoms with Gasteiger partial charge in [0.15, 0.2) is 11.5 Å². The molecule has 1 fully saturated rings. The Balaban J connectivity index is 1.32. The fraction of sp³-hybridized carbons (Fsp3) is 0.579. The van der Waals surface area contributed by atoms with Gasteiger partial charge < -0.3 is 51.4 Å². The lowest BCUT2D eigenvalue weighted by molar-refractivity contribution is -0.108. The van der Waals surface area contributed by atoms with E-state index in [4.69, 9.17) is 10.5 Å². The molecule has 262 valence electrons. The number of aliphatic hydroxyl groups is 5. The van der Waals surface area contributed by atoms with E-state index in [0.29, 0.717) is 63.7 Å². The molecule has 10 heteroatoms. The van der Waals surface area contributed by atoms with Crippen molar-refractivity contribution in [3.63, 3.8) is 0 Å². The minimum Gasteiger partial charge on any atom is -0.504 e. The first-order chi connectivity index (χ1) is 23.2. The number of aromatic amines is 1. The van der Waals surface area contributed by atoms with Crippen LogP contribution in [0.3, 0.4) is 0 Å². The van der Waals surface area contributed by atoms with Crippen molar-refractivity contribution in [1.29, 1.82) is 0 Å². The number of benzene rings is 1. The number of phenols is 1. The summed E-state index contributed by atoms with van der Waals surface area (Å²) in [7, 11) is 0. The lowest BCUT2D eigenvalue weighted by atomic mass is 9.70. The van der Waals surface area contributed by atoms with Crippen LogP contribution in [-0.2, 0) is 12.8 Å². The second-order valence-electron chi connectivity index (χ2n) is 13.7. The van der Waals surface area contributed by atoms with Crippen LogP contribution in [0.5, 0.6) is 11.5 Å². The molecule has 5 rings (SSSR count). The third kappa shape index (κ3) is 9.36. The standard InChI is InChI=1S/C38H53N3O7/c39-36-22-26(16-19-41-36)30(23-27-7-4-18-40-27)28-12-15-34(46)37(47)38(28)48-35-21-25(11-14-33(35)45)10-13-32(44)29-8-3-6-24(17-20-42)5-1-2-9-31(29)43/h4,7,11,14,16,18,21-22,24,28-32,34,37-38,40-47H,1-2,5,8-10,12-13,15,17,19-20,23,39H2. The molecule has 10 N–H and O–H groups in total.